The summed E-state index contributed by atoms with van der Waals surface area (Å²) < 4.78 is 0. The highest BCUT2D eigenvalue weighted by molar-refractivity contribution is 5.98. The monoisotopic (exact) mass is 1070 g/mol. The molecular weight excluding hydrogens is 993 g/mol. The lowest BCUT2D eigenvalue weighted by Gasteiger charge is -2.28. The molecule has 424 valence electrons. The summed E-state index contributed by atoms with van der Waals surface area (Å²) in [5.74, 6) is -10.0. The number of para-hydroxylation sites is 1. The topological polar surface area (TPSA) is 349 Å². The van der Waals surface area contributed by atoms with Crippen molar-refractivity contribution in [3.8, 4) is 0 Å². The second-order valence-electron chi connectivity index (χ2n) is 21.6. The molecule has 13 N–H and O–H groups in total. The van der Waals surface area contributed by atoms with Crippen LogP contribution in [0.15, 0.2) is 60.8 Å². The minimum atomic E-state index is -1.56. The maximum absolute atomic E-state index is 14.5. The molecule has 8 unspecified atom stereocenters. The van der Waals surface area contributed by atoms with Crippen LogP contribution in [-0.4, -0.2) is 129 Å². The van der Waals surface area contributed by atoms with Gasteiger partial charge in [-0.2, -0.15) is 0 Å². The fourth-order valence-corrected chi connectivity index (χ4v) is 8.51. The zero-order chi connectivity index (χ0) is 57.7. The highest BCUT2D eigenvalue weighted by Gasteiger charge is 2.35. The lowest BCUT2D eigenvalue weighted by molar-refractivity contribution is -0.144. The van der Waals surface area contributed by atoms with Crippen molar-refractivity contribution < 1.29 is 58.2 Å². The highest BCUT2D eigenvalue weighted by atomic mass is 16.4. The molecule has 0 saturated carbocycles. The molecule has 77 heavy (non-hydrogen) atoms. The first-order chi connectivity index (χ1) is 36.2. The van der Waals surface area contributed by atoms with Gasteiger partial charge in [-0.25, -0.2) is 4.79 Å². The van der Waals surface area contributed by atoms with Gasteiger partial charge in [0.2, 0.25) is 47.3 Å². The summed E-state index contributed by atoms with van der Waals surface area (Å²) >= 11 is 0. The second kappa shape index (κ2) is 31.0. The van der Waals surface area contributed by atoms with E-state index in [4.69, 9.17) is 5.73 Å². The van der Waals surface area contributed by atoms with Crippen LogP contribution >= 0.6 is 0 Å². The minimum absolute atomic E-state index is 0.0666. The van der Waals surface area contributed by atoms with Gasteiger partial charge in [0.25, 0.3) is 0 Å². The third-order valence-corrected chi connectivity index (χ3v) is 12.6. The van der Waals surface area contributed by atoms with Gasteiger partial charge in [0.15, 0.2) is 0 Å². The number of amides is 8. The van der Waals surface area contributed by atoms with Gasteiger partial charge >= 0.3 is 11.9 Å². The van der Waals surface area contributed by atoms with Crippen LogP contribution in [-0.2, 0) is 60.8 Å². The van der Waals surface area contributed by atoms with E-state index in [1.807, 2.05) is 76.2 Å². The fraction of sp³-hybridized carbons (Fsp3) is 0.564. The Labute approximate surface area is 450 Å². The molecule has 8 atom stereocenters. The van der Waals surface area contributed by atoms with Crippen LogP contribution in [0.25, 0.3) is 10.9 Å². The first-order valence-corrected chi connectivity index (χ1v) is 26.3. The number of nitrogens with two attached hydrogens (primary N) is 1. The number of rotatable bonds is 32. The number of nitrogens with one attached hydrogen (secondary N) is 9. The van der Waals surface area contributed by atoms with Gasteiger partial charge in [0.05, 0.1) is 12.6 Å². The molecule has 1 aromatic heterocycles. The number of carbonyl (C=O) groups excluding carboxylic acids is 8. The molecular formula is C55H82N10O12. The molecule has 1 heterocycles. The van der Waals surface area contributed by atoms with Crippen LogP contribution in [0.4, 0.5) is 0 Å². The molecule has 8 amide bonds. The van der Waals surface area contributed by atoms with E-state index in [-0.39, 0.29) is 49.9 Å². The van der Waals surface area contributed by atoms with Crippen LogP contribution in [0, 0.1) is 29.6 Å². The Morgan fingerprint density at radius 2 is 0.974 bits per heavy atom. The Morgan fingerprint density at radius 1 is 0.506 bits per heavy atom. The average Bonchev–Trinajstić information content (AvgIpc) is 3.76. The van der Waals surface area contributed by atoms with Crippen molar-refractivity contribution in [3.05, 3.63) is 71.9 Å². The minimum Gasteiger partial charge on any atom is -0.481 e. The van der Waals surface area contributed by atoms with E-state index >= 15 is 0 Å². The highest BCUT2D eigenvalue weighted by Crippen LogP contribution is 2.20. The van der Waals surface area contributed by atoms with E-state index in [1.54, 1.807) is 53.8 Å². The van der Waals surface area contributed by atoms with Crippen molar-refractivity contribution in [3.63, 3.8) is 0 Å². The van der Waals surface area contributed by atoms with E-state index in [0.717, 1.165) is 16.5 Å². The number of benzene rings is 2. The number of aliphatic carboxylic acids is 2. The first kappa shape index (κ1) is 63.9. The van der Waals surface area contributed by atoms with Crippen molar-refractivity contribution in [2.45, 2.75) is 163 Å². The zero-order valence-electron chi connectivity index (χ0n) is 46.0. The van der Waals surface area contributed by atoms with Crippen molar-refractivity contribution in [2.75, 3.05) is 6.54 Å². The number of carbonyl (C=O) groups is 10. The van der Waals surface area contributed by atoms with Crippen LogP contribution in [0.5, 0.6) is 0 Å². The van der Waals surface area contributed by atoms with Gasteiger partial charge in [0.1, 0.15) is 42.3 Å². The van der Waals surface area contributed by atoms with Gasteiger partial charge in [-0.15, -0.1) is 0 Å². The van der Waals surface area contributed by atoms with Crippen molar-refractivity contribution in [2.24, 2.45) is 35.3 Å². The Morgan fingerprint density at radius 3 is 1.51 bits per heavy atom. The summed E-state index contributed by atoms with van der Waals surface area (Å²) in [7, 11) is 0. The molecule has 0 radical (unpaired) electrons. The molecule has 3 rings (SSSR count). The normalized spacial score (nSPS) is 14.6. The number of carboxylic acids is 2. The standard InChI is InChI=1S/C55H82N10O12/c1-29(2)22-40(53(74)64-46(32(7)8)54(75)65-47(33(9)10)55(76)77)59-44(66)28-58-49(70)39(20-21-45(67)68)60-52(73)43(26-35-27-57-38-19-15-14-18-36(35)38)63-51(72)42(24-31(5)6)62-50(71)41(23-30(3)4)61-48(69)37(56)25-34-16-12-11-13-17-34/h11-19,27,29-33,37,39-43,46-47,57H,20-26,28,56H2,1-10H3,(H,58,70)(H,59,66)(H,60,73)(H,61,69)(H,62,71)(H,63,72)(H,64,74)(H,65,75)(H,67,68)(H,76,77). The van der Waals surface area contributed by atoms with Gasteiger partial charge in [-0.3, -0.25) is 43.2 Å². The van der Waals surface area contributed by atoms with E-state index in [9.17, 15) is 58.2 Å². The number of aromatic amines is 1. The molecule has 22 heteroatoms. The molecule has 2 aromatic carbocycles. The molecule has 0 bridgehead atoms. The number of H-pyrrole nitrogens is 1. The van der Waals surface area contributed by atoms with Gasteiger partial charge in [-0.05, 0) is 78.9 Å². The number of hydrogen-bond acceptors (Lipinski definition) is 11. The summed E-state index contributed by atoms with van der Waals surface area (Å²) in [5.41, 5.74) is 8.42. The maximum atomic E-state index is 14.5. The molecule has 22 nitrogen and oxygen atoms in total. The molecule has 0 spiro atoms. The molecule has 0 aliphatic heterocycles. The summed E-state index contributed by atoms with van der Waals surface area (Å²) in [5, 5.41) is 40.9. The van der Waals surface area contributed by atoms with Crippen LogP contribution < -0.4 is 48.3 Å². The van der Waals surface area contributed by atoms with Crippen LogP contribution in [0.3, 0.4) is 0 Å². The quantitative estimate of drug-likeness (QED) is 0.0427. The Balaban J connectivity index is 1.87. The number of fused-ring (bicyclic) bond motifs is 1. The smallest absolute Gasteiger partial charge is 0.326 e. The van der Waals surface area contributed by atoms with E-state index in [0.29, 0.717) is 5.56 Å². The predicted molar refractivity (Wildman–Crippen MR) is 289 cm³/mol. The Hall–Kier alpha value is -7.36. The summed E-state index contributed by atoms with van der Waals surface area (Å²) in [6, 6.07) is 6.50. The largest absolute Gasteiger partial charge is 0.481 e. The second-order valence-corrected chi connectivity index (χ2v) is 21.6. The van der Waals surface area contributed by atoms with Crippen LogP contribution in [0.1, 0.15) is 112 Å². The molecule has 0 fully saturated rings. The zero-order valence-corrected chi connectivity index (χ0v) is 46.0. The van der Waals surface area contributed by atoms with Crippen molar-refractivity contribution >= 4 is 70.1 Å². The number of carboxylic acid groups (broad SMARTS) is 2. The average molecular weight is 1080 g/mol. The van der Waals surface area contributed by atoms with Crippen molar-refractivity contribution in [1.82, 2.24) is 47.5 Å². The molecule has 0 aliphatic rings. The van der Waals surface area contributed by atoms with Gasteiger partial charge in [-0.1, -0.05) is 118 Å². The summed E-state index contributed by atoms with van der Waals surface area (Å²) in [6.45, 7) is 16.8. The third kappa shape index (κ3) is 21.7. The summed E-state index contributed by atoms with van der Waals surface area (Å²) in [4.78, 5) is 137. The fourth-order valence-electron chi connectivity index (χ4n) is 8.51. The maximum Gasteiger partial charge on any atom is 0.326 e. The Kier molecular flexibility index (Phi) is 25.7. The van der Waals surface area contributed by atoms with Crippen molar-refractivity contribution in [1.29, 1.82) is 0 Å². The number of aromatic nitrogens is 1. The van der Waals surface area contributed by atoms with Crippen LogP contribution in [0.2, 0.25) is 0 Å². The summed E-state index contributed by atoms with van der Waals surface area (Å²) in [6.07, 6.45) is 1.13. The van der Waals surface area contributed by atoms with E-state index in [2.05, 4.69) is 47.5 Å². The van der Waals surface area contributed by atoms with E-state index < -0.39 is 139 Å². The number of hydrogen-bond donors (Lipinski definition) is 12. The molecule has 0 aliphatic carbocycles. The van der Waals surface area contributed by atoms with Gasteiger partial charge < -0.3 is 63.5 Å². The third-order valence-electron chi connectivity index (χ3n) is 12.6. The lowest BCUT2D eigenvalue weighted by atomic mass is 9.98. The Bertz CT molecular complexity index is 2490. The molecule has 3 aromatic rings. The first-order valence-electron chi connectivity index (χ1n) is 26.3. The van der Waals surface area contributed by atoms with Gasteiger partial charge in [0, 0.05) is 29.9 Å². The van der Waals surface area contributed by atoms with E-state index in [1.165, 1.54) is 0 Å². The molecule has 0 saturated heterocycles. The SMILES string of the molecule is CC(C)CC(NC(=O)CNC(=O)C(CCC(=O)O)NC(=O)C(Cc1c[nH]c2ccccc12)NC(=O)C(CC(C)C)NC(=O)C(CC(C)C)NC(=O)C(N)Cc1ccccc1)C(=O)NC(C(=O)NC(C(=O)O)C(C)C)C(C)C. The lowest BCUT2D eigenvalue weighted by Crippen LogP contribution is -2.60. The predicted octanol–water partition coefficient (Wildman–Crippen LogP) is 2.19.